The number of hydrogen-bond donors (Lipinski definition) is 1. The third-order valence-corrected chi connectivity index (χ3v) is 7.29. The van der Waals surface area contributed by atoms with Gasteiger partial charge in [-0.05, 0) is 73.3 Å². The van der Waals surface area contributed by atoms with Crippen LogP contribution in [0.2, 0.25) is 0 Å². The van der Waals surface area contributed by atoms with Gasteiger partial charge in [0.15, 0.2) is 0 Å². The highest BCUT2D eigenvalue weighted by molar-refractivity contribution is 6.46. The summed E-state index contributed by atoms with van der Waals surface area (Å²) in [5.74, 6) is -0.644. The van der Waals surface area contributed by atoms with Crippen LogP contribution in [-0.2, 0) is 15.0 Å². The van der Waals surface area contributed by atoms with E-state index < -0.39 is 17.7 Å². The fourth-order valence-corrected chi connectivity index (χ4v) is 4.83. The van der Waals surface area contributed by atoms with Crippen LogP contribution in [0.5, 0.6) is 5.75 Å². The highest BCUT2D eigenvalue weighted by Crippen LogP contribution is 2.40. The number of ketones is 1. The maximum Gasteiger partial charge on any atom is 0.295 e. The van der Waals surface area contributed by atoms with Crippen molar-refractivity contribution in [3.63, 3.8) is 0 Å². The van der Waals surface area contributed by atoms with E-state index in [1.807, 2.05) is 24.3 Å². The maximum absolute atomic E-state index is 13.3. The largest absolute Gasteiger partial charge is 0.507 e. The molecule has 1 saturated heterocycles. The van der Waals surface area contributed by atoms with Gasteiger partial charge in [-0.3, -0.25) is 9.59 Å². The zero-order chi connectivity index (χ0) is 27.9. The predicted octanol–water partition coefficient (Wildman–Crippen LogP) is 6.32. The van der Waals surface area contributed by atoms with E-state index in [1.54, 1.807) is 29.2 Å². The molecule has 206 valence electrons. The molecule has 3 rings (SSSR count). The number of benzene rings is 2. The molecular weight excluding hydrogens is 476 g/mol. The van der Waals surface area contributed by atoms with Crippen molar-refractivity contribution in [3.05, 3.63) is 70.8 Å². The van der Waals surface area contributed by atoms with Crippen molar-refractivity contribution in [2.45, 2.75) is 72.3 Å². The van der Waals surface area contributed by atoms with Gasteiger partial charge in [0.25, 0.3) is 11.7 Å². The lowest BCUT2D eigenvalue weighted by atomic mass is 9.85. The molecule has 2 aromatic carbocycles. The molecule has 1 aliphatic rings. The number of ether oxygens (including phenoxy) is 1. The minimum absolute atomic E-state index is 0.0228. The van der Waals surface area contributed by atoms with E-state index in [1.165, 1.54) is 5.56 Å². The number of aliphatic hydroxyl groups is 1. The molecule has 0 radical (unpaired) electrons. The Morgan fingerprint density at radius 3 is 2.13 bits per heavy atom. The van der Waals surface area contributed by atoms with Gasteiger partial charge in [-0.1, -0.05) is 72.2 Å². The second-order valence-electron chi connectivity index (χ2n) is 11.0. The SMILES string of the molecule is CCCCOc1ccc(/C(O)=C2\C(=O)C(=O)N(CCCN(CC)CC)C2c2ccc(C(C)(C)C)cc2)cc1. The Bertz CT molecular complexity index is 1110. The van der Waals surface area contributed by atoms with Crippen LogP contribution in [0.3, 0.4) is 0 Å². The van der Waals surface area contributed by atoms with Gasteiger partial charge in [0, 0.05) is 12.1 Å². The number of hydrogen-bond acceptors (Lipinski definition) is 5. The summed E-state index contributed by atoms with van der Waals surface area (Å²) in [7, 11) is 0. The molecule has 0 aliphatic carbocycles. The summed E-state index contributed by atoms with van der Waals surface area (Å²) in [6.45, 7) is 16.6. The minimum Gasteiger partial charge on any atom is -0.507 e. The Hall–Kier alpha value is -3.12. The van der Waals surface area contributed by atoms with E-state index >= 15 is 0 Å². The number of aliphatic hydroxyl groups excluding tert-OH is 1. The number of unbranched alkanes of at least 4 members (excludes halogenated alkanes) is 1. The summed E-state index contributed by atoms with van der Waals surface area (Å²) in [5.41, 5.74) is 2.59. The van der Waals surface area contributed by atoms with Gasteiger partial charge in [-0.2, -0.15) is 0 Å². The van der Waals surface area contributed by atoms with E-state index in [4.69, 9.17) is 4.74 Å². The first-order valence-corrected chi connectivity index (χ1v) is 14.0. The van der Waals surface area contributed by atoms with Gasteiger partial charge >= 0.3 is 0 Å². The topological polar surface area (TPSA) is 70.1 Å². The monoisotopic (exact) mass is 520 g/mol. The number of carbonyl (C=O) groups excluding carboxylic acids is 2. The lowest BCUT2D eigenvalue weighted by Crippen LogP contribution is -2.33. The Morgan fingerprint density at radius 2 is 1.58 bits per heavy atom. The molecule has 0 saturated carbocycles. The fraction of sp³-hybridized carbons (Fsp3) is 0.500. The molecule has 1 unspecified atom stereocenters. The van der Waals surface area contributed by atoms with Crippen LogP contribution in [0.4, 0.5) is 0 Å². The van der Waals surface area contributed by atoms with Crippen LogP contribution < -0.4 is 4.74 Å². The summed E-state index contributed by atoms with van der Waals surface area (Å²) in [5, 5.41) is 11.4. The second-order valence-corrected chi connectivity index (χ2v) is 11.0. The summed E-state index contributed by atoms with van der Waals surface area (Å²) < 4.78 is 5.74. The van der Waals surface area contributed by atoms with Crippen molar-refractivity contribution in [1.82, 2.24) is 9.80 Å². The third-order valence-electron chi connectivity index (χ3n) is 7.29. The quantitative estimate of drug-likeness (QED) is 0.154. The lowest BCUT2D eigenvalue weighted by Gasteiger charge is -2.27. The molecule has 0 bridgehead atoms. The van der Waals surface area contributed by atoms with Crippen LogP contribution in [0.1, 0.15) is 83.5 Å². The molecule has 1 atom stereocenters. The van der Waals surface area contributed by atoms with Crippen LogP contribution in [0.25, 0.3) is 5.76 Å². The molecule has 6 nitrogen and oxygen atoms in total. The van der Waals surface area contributed by atoms with Crippen molar-refractivity contribution >= 4 is 17.4 Å². The number of carbonyl (C=O) groups is 2. The van der Waals surface area contributed by atoms with Crippen LogP contribution in [0.15, 0.2) is 54.1 Å². The smallest absolute Gasteiger partial charge is 0.295 e. The van der Waals surface area contributed by atoms with Crippen LogP contribution in [-0.4, -0.2) is 59.4 Å². The zero-order valence-corrected chi connectivity index (χ0v) is 23.9. The number of amides is 1. The van der Waals surface area contributed by atoms with Crippen molar-refractivity contribution in [2.75, 3.05) is 32.8 Å². The third kappa shape index (κ3) is 6.84. The van der Waals surface area contributed by atoms with Crippen molar-refractivity contribution in [1.29, 1.82) is 0 Å². The normalized spacial score (nSPS) is 17.4. The number of Topliss-reactive ketones (excluding diaryl/α,β-unsaturated/α-hetero) is 1. The minimum atomic E-state index is -0.640. The first-order valence-electron chi connectivity index (χ1n) is 14.0. The molecule has 1 N–H and O–H groups in total. The van der Waals surface area contributed by atoms with Crippen LogP contribution >= 0.6 is 0 Å². The first kappa shape index (κ1) is 29.4. The molecular formula is C32H44N2O4. The molecule has 1 heterocycles. The van der Waals surface area contributed by atoms with E-state index in [0.717, 1.165) is 44.5 Å². The molecule has 2 aromatic rings. The average Bonchev–Trinajstić information content (AvgIpc) is 3.16. The Labute approximate surface area is 228 Å². The first-order chi connectivity index (χ1) is 18.1. The molecule has 1 aliphatic heterocycles. The van der Waals surface area contributed by atoms with Gasteiger partial charge in [-0.25, -0.2) is 0 Å². The Kier molecular flexibility index (Phi) is 10.1. The predicted molar refractivity (Wildman–Crippen MR) is 153 cm³/mol. The summed E-state index contributed by atoms with van der Waals surface area (Å²) in [6, 6.07) is 14.5. The van der Waals surface area contributed by atoms with Crippen LogP contribution in [0, 0.1) is 0 Å². The molecule has 1 fully saturated rings. The van der Waals surface area contributed by atoms with Crippen molar-refractivity contribution in [2.24, 2.45) is 0 Å². The highest BCUT2D eigenvalue weighted by atomic mass is 16.5. The standard InChI is InChI=1S/C32H44N2O4/c1-7-10-22-38-26-18-14-24(15-19-26)29(35)27-28(23-12-16-25(17-13-23)32(4,5)6)34(31(37)30(27)36)21-11-20-33(8-2)9-3/h12-19,28,35H,7-11,20-22H2,1-6H3/b29-27+. The zero-order valence-electron chi connectivity index (χ0n) is 23.9. The van der Waals surface area contributed by atoms with Gasteiger partial charge in [0.05, 0.1) is 18.2 Å². The van der Waals surface area contributed by atoms with E-state index in [0.29, 0.717) is 24.5 Å². The highest BCUT2D eigenvalue weighted by Gasteiger charge is 2.45. The van der Waals surface area contributed by atoms with Gasteiger partial charge in [-0.15, -0.1) is 0 Å². The van der Waals surface area contributed by atoms with Crippen molar-refractivity contribution < 1.29 is 19.4 Å². The molecule has 38 heavy (non-hydrogen) atoms. The lowest BCUT2D eigenvalue weighted by molar-refractivity contribution is -0.140. The van der Waals surface area contributed by atoms with E-state index in [2.05, 4.69) is 46.4 Å². The molecule has 0 spiro atoms. The maximum atomic E-state index is 13.3. The van der Waals surface area contributed by atoms with E-state index in [-0.39, 0.29) is 16.7 Å². The molecule has 1 amide bonds. The Balaban J connectivity index is 1.99. The summed E-state index contributed by atoms with van der Waals surface area (Å²) in [4.78, 5) is 30.6. The van der Waals surface area contributed by atoms with Gasteiger partial charge < -0.3 is 19.6 Å². The van der Waals surface area contributed by atoms with Crippen molar-refractivity contribution in [3.8, 4) is 5.75 Å². The summed E-state index contributed by atoms with van der Waals surface area (Å²) in [6.07, 6.45) is 2.76. The second kappa shape index (κ2) is 13.1. The van der Waals surface area contributed by atoms with E-state index in [9.17, 15) is 14.7 Å². The summed E-state index contributed by atoms with van der Waals surface area (Å²) >= 11 is 0. The molecule has 6 heteroatoms. The number of likely N-dealkylation sites (tertiary alicyclic amines) is 1. The fourth-order valence-electron chi connectivity index (χ4n) is 4.83. The average molecular weight is 521 g/mol. The molecule has 0 aromatic heterocycles. The number of rotatable bonds is 12. The van der Waals surface area contributed by atoms with Gasteiger partial charge in [0.2, 0.25) is 0 Å². The van der Waals surface area contributed by atoms with Gasteiger partial charge in [0.1, 0.15) is 11.5 Å². The Morgan fingerprint density at radius 1 is 0.947 bits per heavy atom. The number of nitrogens with zero attached hydrogens (tertiary/aromatic N) is 2.